The van der Waals surface area contributed by atoms with Gasteiger partial charge >= 0.3 is 0 Å². The van der Waals surface area contributed by atoms with Gasteiger partial charge in [0.25, 0.3) is 0 Å². The standard InChI is InChI=1S/C11H16OSi/c1-12-10-4-6-11(7-5-10)13(2)8-3-9-13/h4-7H,3,8-9H2,1-2H3. The van der Waals surface area contributed by atoms with Crippen molar-refractivity contribution in [1.29, 1.82) is 0 Å². The molecule has 1 saturated heterocycles. The molecule has 2 heteroatoms. The molecule has 1 aliphatic rings. The predicted molar refractivity (Wildman–Crippen MR) is 58.5 cm³/mol. The smallest absolute Gasteiger partial charge is 0.118 e. The number of rotatable bonds is 2. The average molecular weight is 192 g/mol. The molecule has 0 aromatic heterocycles. The third kappa shape index (κ3) is 1.51. The molecule has 13 heavy (non-hydrogen) atoms. The number of hydrogen-bond donors (Lipinski definition) is 0. The van der Waals surface area contributed by atoms with Crippen LogP contribution in [0.4, 0.5) is 0 Å². The van der Waals surface area contributed by atoms with Crippen LogP contribution in [0.3, 0.4) is 0 Å². The molecule has 1 aromatic carbocycles. The lowest BCUT2D eigenvalue weighted by molar-refractivity contribution is 0.415. The lowest BCUT2D eigenvalue weighted by Crippen LogP contribution is -2.50. The Morgan fingerprint density at radius 2 is 1.77 bits per heavy atom. The second kappa shape index (κ2) is 3.18. The van der Waals surface area contributed by atoms with Crippen molar-refractivity contribution >= 4 is 13.3 Å². The van der Waals surface area contributed by atoms with E-state index in [9.17, 15) is 0 Å². The van der Waals surface area contributed by atoms with Gasteiger partial charge in [0.15, 0.2) is 0 Å². The SMILES string of the molecule is COc1ccc([Si]2(C)CCC2)cc1. The Kier molecular flexibility index (Phi) is 2.16. The zero-order valence-electron chi connectivity index (χ0n) is 8.34. The summed E-state index contributed by atoms with van der Waals surface area (Å²) in [6, 6.07) is 11.6. The highest BCUT2D eigenvalue weighted by molar-refractivity contribution is 6.92. The highest BCUT2D eigenvalue weighted by atomic mass is 28.3. The molecule has 70 valence electrons. The van der Waals surface area contributed by atoms with E-state index in [1.807, 2.05) is 0 Å². The molecule has 1 heterocycles. The van der Waals surface area contributed by atoms with Gasteiger partial charge in [-0.15, -0.1) is 0 Å². The fourth-order valence-corrected chi connectivity index (χ4v) is 4.95. The minimum absolute atomic E-state index is 0.964. The van der Waals surface area contributed by atoms with Gasteiger partial charge in [0, 0.05) is 0 Å². The summed E-state index contributed by atoms with van der Waals surface area (Å²) in [4.78, 5) is 0. The largest absolute Gasteiger partial charge is 0.497 e. The maximum atomic E-state index is 5.15. The number of hydrogen-bond acceptors (Lipinski definition) is 1. The van der Waals surface area contributed by atoms with Crippen LogP contribution >= 0.6 is 0 Å². The second-order valence-electron chi connectivity index (χ2n) is 4.14. The molecule has 0 unspecified atom stereocenters. The summed E-state index contributed by atoms with van der Waals surface area (Å²) in [5.41, 5.74) is 0. The predicted octanol–water partition coefficient (Wildman–Crippen LogP) is 2.38. The third-order valence-electron chi connectivity index (χ3n) is 3.24. The molecule has 0 spiro atoms. The Labute approximate surface area is 80.7 Å². The van der Waals surface area contributed by atoms with Gasteiger partial charge < -0.3 is 4.74 Å². The quantitative estimate of drug-likeness (QED) is 0.654. The van der Waals surface area contributed by atoms with Crippen molar-refractivity contribution < 1.29 is 4.74 Å². The van der Waals surface area contributed by atoms with Gasteiger partial charge in [-0.3, -0.25) is 0 Å². The monoisotopic (exact) mass is 192 g/mol. The Bertz CT molecular complexity index is 287. The Morgan fingerprint density at radius 1 is 1.15 bits per heavy atom. The molecule has 1 nitrogen and oxygen atoms in total. The first-order chi connectivity index (χ1) is 6.24. The lowest BCUT2D eigenvalue weighted by atomic mass is 10.3. The maximum Gasteiger partial charge on any atom is 0.118 e. The van der Waals surface area contributed by atoms with Crippen molar-refractivity contribution in [2.45, 2.75) is 25.1 Å². The van der Waals surface area contributed by atoms with Gasteiger partial charge in [0.05, 0.1) is 15.2 Å². The molecule has 2 rings (SSSR count). The molecule has 0 saturated carbocycles. The van der Waals surface area contributed by atoms with Crippen LogP contribution < -0.4 is 9.92 Å². The van der Waals surface area contributed by atoms with E-state index in [-0.39, 0.29) is 0 Å². The number of benzene rings is 1. The average Bonchev–Trinajstić information content (AvgIpc) is 2.14. The summed E-state index contributed by atoms with van der Waals surface area (Å²) < 4.78 is 5.15. The van der Waals surface area contributed by atoms with Crippen LogP contribution in [0.1, 0.15) is 6.42 Å². The minimum atomic E-state index is -0.964. The molecule has 1 aliphatic heterocycles. The first-order valence-electron chi connectivity index (χ1n) is 4.89. The summed E-state index contributed by atoms with van der Waals surface area (Å²) in [5.74, 6) is 0.973. The fraction of sp³-hybridized carbons (Fsp3) is 0.455. The molecule has 0 radical (unpaired) electrons. The molecule has 0 bridgehead atoms. The van der Waals surface area contributed by atoms with Crippen LogP contribution in [0.5, 0.6) is 5.75 Å². The first kappa shape index (κ1) is 8.82. The van der Waals surface area contributed by atoms with E-state index in [1.165, 1.54) is 18.5 Å². The third-order valence-corrected chi connectivity index (χ3v) is 7.89. The summed E-state index contributed by atoms with van der Waals surface area (Å²) >= 11 is 0. The molecular formula is C11H16OSi. The van der Waals surface area contributed by atoms with E-state index >= 15 is 0 Å². The minimum Gasteiger partial charge on any atom is -0.497 e. The Balaban J connectivity index is 2.22. The molecule has 1 aromatic rings. The highest BCUT2D eigenvalue weighted by Gasteiger charge is 2.35. The van der Waals surface area contributed by atoms with Crippen molar-refractivity contribution in [3.8, 4) is 5.75 Å². The van der Waals surface area contributed by atoms with Crippen molar-refractivity contribution in [2.24, 2.45) is 0 Å². The zero-order valence-corrected chi connectivity index (χ0v) is 9.34. The van der Waals surface area contributed by atoms with Crippen LogP contribution in [0.2, 0.25) is 18.6 Å². The van der Waals surface area contributed by atoms with Crippen molar-refractivity contribution in [1.82, 2.24) is 0 Å². The molecule has 0 amide bonds. The first-order valence-corrected chi connectivity index (χ1v) is 7.81. The topological polar surface area (TPSA) is 9.23 Å². The molecule has 0 aliphatic carbocycles. The maximum absolute atomic E-state index is 5.15. The van der Waals surface area contributed by atoms with Gasteiger partial charge in [0.1, 0.15) is 5.75 Å². The molecule has 0 atom stereocenters. The zero-order chi connectivity index (χ0) is 9.31. The second-order valence-corrected chi connectivity index (χ2v) is 8.84. The number of methoxy groups -OCH3 is 1. The molecule has 1 fully saturated rings. The van der Waals surface area contributed by atoms with Crippen LogP contribution in [0.15, 0.2) is 24.3 Å². The van der Waals surface area contributed by atoms with Gasteiger partial charge in [-0.05, 0) is 12.1 Å². The van der Waals surface area contributed by atoms with E-state index in [1.54, 1.807) is 12.3 Å². The molecule has 0 N–H and O–H groups in total. The van der Waals surface area contributed by atoms with E-state index in [2.05, 4.69) is 30.8 Å². The lowest BCUT2D eigenvalue weighted by Gasteiger charge is -2.36. The van der Waals surface area contributed by atoms with Crippen LogP contribution in [0, 0.1) is 0 Å². The van der Waals surface area contributed by atoms with E-state index in [0.717, 1.165) is 5.75 Å². The summed E-state index contributed by atoms with van der Waals surface area (Å²) in [6.07, 6.45) is 1.44. The van der Waals surface area contributed by atoms with Gasteiger partial charge in [0.2, 0.25) is 0 Å². The number of ether oxygens (including phenoxy) is 1. The van der Waals surface area contributed by atoms with E-state index in [0.29, 0.717) is 0 Å². The van der Waals surface area contributed by atoms with Crippen LogP contribution in [0.25, 0.3) is 0 Å². The van der Waals surface area contributed by atoms with Gasteiger partial charge in [-0.25, -0.2) is 0 Å². The highest BCUT2D eigenvalue weighted by Crippen LogP contribution is 2.31. The van der Waals surface area contributed by atoms with Crippen LogP contribution in [-0.4, -0.2) is 15.2 Å². The summed E-state index contributed by atoms with van der Waals surface area (Å²) in [7, 11) is 0.756. The Hall–Kier alpha value is -0.763. The summed E-state index contributed by atoms with van der Waals surface area (Å²) in [6.45, 7) is 2.48. The van der Waals surface area contributed by atoms with Gasteiger partial charge in [-0.1, -0.05) is 42.4 Å². The van der Waals surface area contributed by atoms with Crippen molar-refractivity contribution in [3.05, 3.63) is 24.3 Å². The van der Waals surface area contributed by atoms with Crippen molar-refractivity contribution in [2.75, 3.05) is 7.11 Å². The molecular weight excluding hydrogens is 176 g/mol. The normalized spacial score (nSPS) is 19.2. The summed E-state index contributed by atoms with van der Waals surface area (Å²) in [5, 5.41) is 1.60. The van der Waals surface area contributed by atoms with Crippen molar-refractivity contribution in [3.63, 3.8) is 0 Å². The van der Waals surface area contributed by atoms with Crippen LogP contribution in [-0.2, 0) is 0 Å². The van der Waals surface area contributed by atoms with E-state index < -0.39 is 8.07 Å². The van der Waals surface area contributed by atoms with E-state index in [4.69, 9.17) is 4.74 Å². The van der Waals surface area contributed by atoms with Gasteiger partial charge in [-0.2, -0.15) is 0 Å². The Morgan fingerprint density at radius 3 is 2.15 bits per heavy atom. The fourth-order valence-electron chi connectivity index (χ4n) is 1.99.